The number of allylic oxidation sites excluding steroid dienone is 2. The zero-order valence-electron chi connectivity index (χ0n) is 25.8. The van der Waals surface area contributed by atoms with E-state index in [1.54, 1.807) is 55.2 Å². The highest BCUT2D eigenvalue weighted by atomic mass is 32.2. The van der Waals surface area contributed by atoms with Crippen LogP contribution in [0.2, 0.25) is 0 Å². The fraction of sp³-hybridized carbons (Fsp3) is 0.400. The van der Waals surface area contributed by atoms with E-state index in [2.05, 4.69) is 0 Å². The number of esters is 1. The first kappa shape index (κ1) is 35.0. The van der Waals surface area contributed by atoms with Crippen LogP contribution in [0.5, 0.6) is 0 Å². The number of carbonyl (C=O) groups is 1. The number of fused-ring (bicyclic) bond motifs is 2. The van der Waals surface area contributed by atoms with Gasteiger partial charge in [0.05, 0.1) is 47.3 Å². The lowest BCUT2D eigenvalue weighted by molar-refractivity contribution is -0.670. The zero-order chi connectivity index (χ0) is 34.0. The average Bonchev–Trinajstić information content (AvgIpc) is 3.45. The Morgan fingerprint density at radius 3 is 2.24 bits per heavy atom. The molecular weight excluding hydrogens is 649 g/mol. The Labute approximate surface area is 265 Å². The molecule has 0 fully saturated rings. The van der Waals surface area contributed by atoms with Crippen LogP contribution in [0.1, 0.15) is 50.3 Å². The van der Waals surface area contributed by atoms with Crippen LogP contribution in [0, 0.1) is 0 Å². The lowest BCUT2D eigenvalue weighted by atomic mass is 10.2. The van der Waals surface area contributed by atoms with E-state index >= 15 is 0 Å². The van der Waals surface area contributed by atoms with E-state index < -0.39 is 42.1 Å². The summed E-state index contributed by atoms with van der Waals surface area (Å²) < 4.78 is 105. The number of nitrogens with zero attached hydrogens (tertiary/aromatic N) is 4. The highest BCUT2D eigenvalue weighted by Crippen LogP contribution is 2.44. The molecule has 0 aliphatic carbocycles. The van der Waals surface area contributed by atoms with E-state index in [1.165, 1.54) is 6.07 Å². The topological polar surface area (TPSA) is 130 Å². The summed E-state index contributed by atoms with van der Waals surface area (Å²) in [7, 11) is -9.76. The number of rotatable bonds is 12. The lowest BCUT2D eigenvalue weighted by Crippen LogP contribution is -2.35. The fourth-order valence-corrected chi connectivity index (χ4v) is 6.84. The first-order valence-corrected chi connectivity index (χ1v) is 17.8. The largest absolute Gasteiger partial charge is 0.501 e. The Bertz CT molecular complexity index is 1920. The van der Waals surface area contributed by atoms with E-state index in [4.69, 9.17) is 4.74 Å². The van der Waals surface area contributed by atoms with Gasteiger partial charge in [0, 0.05) is 31.7 Å². The molecule has 2 heterocycles. The van der Waals surface area contributed by atoms with Crippen molar-refractivity contribution in [2.75, 3.05) is 35.2 Å². The number of alkyl halides is 3. The van der Waals surface area contributed by atoms with Gasteiger partial charge in [-0.2, -0.15) is 21.6 Å². The van der Waals surface area contributed by atoms with E-state index in [-0.39, 0.29) is 19.6 Å². The molecule has 1 N–H and O–H groups in total. The van der Waals surface area contributed by atoms with Crippen molar-refractivity contribution >= 4 is 54.4 Å². The number of imidazole rings is 1. The highest BCUT2D eigenvalue weighted by molar-refractivity contribution is 7.92. The quantitative estimate of drug-likeness (QED) is 0.161. The SMILES string of the molecule is CCOC(=O)c1ccc2c(c1)n(CCCS(=O)(=O)O)c(/C=C/C=C1\N(CC)c3ccc(S(=O)(=O)C(F)(F)F)cc3N1CC)[n+]2CC. The first-order chi connectivity index (χ1) is 21.6. The number of carbonyl (C=O) groups excluding carboxylic acids is 1. The van der Waals surface area contributed by atoms with Crippen molar-refractivity contribution in [1.82, 2.24) is 4.57 Å². The third-order valence-electron chi connectivity index (χ3n) is 7.54. The number of hydrogen-bond acceptors (Lipinski definition) is 8. The van der Waals surface area contributed by atoms with Crippen LogP contribution >= 0.6 is 0 Å². The molecule has 0 radical (unpaired) electrons. The molecule has 11 nitrogen and oxygen atoms in total. The van der Waals surface area contributed by atoms with Crippen LogP contribution in [0.15, 0.2) is 59.3 Å². The summed E-state index contributed by atoms with van der Waals surface area (Å²) in [4.78, 5) is 15.2. The van der Waals surface area contributed by atoms with Gasteiger partial charge in [-0.3, -0.25) is 4.55 Å². The van der Waals surface area contributed by atoms with Crippen molar-refractivity contribution in [2.45, 2.75) is 57.6 Å². The summed E-state index contributed by atoms with van der Waals surface area (Å²) in [5, 5.41) is 0. The number of halogens is 3. The second-order valence-corrected chi connectivity index (χ2v) is 13.8. The summed E-state index contributed by atoms with van der Waals surface area (Å²) in [6.45, 7) is 8.95. The number of aryl methyl sites for hydroxylation is 2. The van der Waals surface area contributed by atoms with E-state index in [9.17, 15) is 39.4 Å². The van der Waals surface area contributed by atoms with Crippen molar-refractivity contribution in [1.29, 1.82) is 0 Å². The third kappa shape index (κ3) is 6.78. The maximum absolute atomic E-state index is 13.3. The van der Waals surface area contributed by atoms with Gasteiger partial charge in [0.2, 0.25) is 0 Å². The predicted molar refractivity (Wildman–Crippen MR) is 168 cm³/mol. The van der Waals surface area contributed by atoms with E-state index in [0.29, 0.717) is 53.7 Å². The predicted octanol–water partition coefficient (Wildman–Crippen LogP) is 4.92. The van der Waals surface area contributed by atoms with Crippen LogP contribution in [0.4, 0.5) is 24.5 Å². The zero-order valence-corrected chi connectivity index (χ0v) is 27.4. The van der Waals surface area contributed by atoms with Crippen LogP contribution in [-0.4, -0.2) is 62.9 Å². The molecule has 0 bridgehead atoms. The highest BCUT2D eigenvalue weighted by Gasteiger charge is 2.47. The maximum Gasteiger partial charge on any atom is 0.501 e. The fourth-order valence-electron chi connectivity index (χ4n) is 5.56. The van der Waals surface area contributed by atoms with Crippen molar-refractivity contribution in [3.05, 3.63) is 65.8 Å². The molecule has 0 saturated carbocycles. The van der Waals surface area contributed by atoms with Gasteiger partial charge in [-0.15, -0.1) is 0 Å². The summed E-state index contributed by atoms with van der Waals surface area (Å²) in [5.41, 5.74) is -2.83. The normalized spacial score (nSPS) is 15.0. The van der Waals surface area contributed by atoms with Crippen molar-refractivity contribution in [3.63, 3.8) is 0 Å². The molecule has 46 heavy (non-hydrogen) atoms. The Morgan fingerprint density at radius 1 is 0.978 bits per heavy atom. The van der Waals surface area contributed by atoms with E-state index in [1.807, 2.05) is 27.9 Å². The van der Waals surface area contributed by atoms with Crippen LogP contribution in [0.25, 0.3) is 17.1 Å². The minimum absolute atomic E-state index is 0.0869. The van der Waals surface area contributed by atoms with Gasteiger partial charge in [0.1, 0.15) is 5.82 Å². The number of benzene rings is 2. The number of anilines is 2. The Hall–Kier alpha value is -3.89. The molecule has 2 aromatic carbocycles. The molecule has 1 aromatic heterocycles. The molecule has 250 valence electrons. The Kier molecular flexibility index (Phi) is 10.2. The van der Waals surface area contributed by atoms with Crippen molar-refractivity contribution in [2.24, 2.45) is 0 Å². The van der Waals surface area contributed by atoms with Crippen LogP contribution in [-0.2, 0) is 37.8 Å². The average molecular weight is 686 g/mol. The third-order valence-corrected chi connectivity index (χ3v) is 9.83. The van der Waals surface area contributed by atoms with Crippen molar-refractivity contribution in [3.8, 4) is 0 Å². The monoisotopic (exact) mass is 685 g/mol. The maximum atomic E-state index is 13.3. The number of hydrogen-bond donors (Lipinski definition) is 1. The lowest BCUT2D eigenvalue weighted by Gasteiger charge is -2.23. The molecule has 0 amide bonds. The minimum atomic E-state index is -5.54. The molecule has 1 aliphatic rings. The summed E-state index contributed by atoms with van der Waals surface area (Å²) >= 11 is 0. The second-order valence-electron chi connectivity index (χ2n) is 10.3. The minimum Gasteiger partial charge on any atom is -0.462 e. The molecule has 4 rings (SSSR count). The summed E-state index contributed by atoms with van der Waals surface area (Å²) in [5.74, 6) is 0.293. The molecule has 3 aromatic rings. The van der Waals surface area contributed by atoms with Crippen LogP contribution < -0.4 is 14.4 Å². The Balaban J connectivity index is 1.81. The smallest absolute Gasteiger partial charge is 0.462 e. The molecule has 0 saturated heterocycles. The van der Waals surface area contributed by atoms with E-state index in [0.717, 1.165) is 17.6 Å². The van der Waals surface area contributed by atoms with Gasteiger partial charge >= 0.3 is 11.5 Å². The molecule has 1 aliphatic heterocycles. The van der Waals surface area contributed by atoms with Gasteiger partial charge in [-0.25, -0.2) is 22.3 Å². The standard InChI is InChI=1S/C30H35F3N4O7S2/c1-5-34-24-16-14-22(46(42,43)30(31,32)33)20-26(24)36(7-3)27(34)11-9-12-28-35(6-2)23-15-13-21(29(38)44-8-4)19-25(23)37(28)17-10-18-45(39,40)41/h9,11-16,19-20H,5-8,10,17-18H2,1-4H3/p+1. The van der Waals surface area contributed by atoms with Gasteiger partial charge in [0.25, 0.3) is 25.8 Å². The number of ether oxygens (including phenoxy) is 1. The molecule has 0 atom stereocenters. The Morgan fingerprint density at radius 2 is 1.65 bits per heavy atom. The molecular formula is C30H36F3N4O7S2+. The molecule has 0 unspecified atom stereocenters. The number of aromatic nitrogens is 2. The van der Waals surface area contributed by atoms with Crippen molar-refractivity contribution < 1.29 is 48.7 Å². The first-order valence-electron chi connectivity index (χ1n) is 14.7. The summed E-state index contributed by atoms with van der Waals surface area (Å²) in [6.07, 6.45) is 5.38. The van der Waals surface area contributed by atoms with Crippen LogP contribution in [0.3, 0.4) is 0 Å². The number of sulfone groups is 1. The van der Waals surface area contributed by atoms with Gasteiger partial charge in [-0.05, 0) is 64.1 Å². The summed E-state index contributed by atoms with van der Waals surface area (Å²) in [6, 6.07) is 8.44. The molecule has 16 heteroatoms. The van der Waals surface area contributed by atoms with Gasteiger partial charge < -0.3 is 14.5 Å². The van der Waals surface area contributed by atoms with Gasteiger partial charge in [-0.1, -0.05) is 6.08 Å². The van der Waals surface area contributed by atoms with Gasteiger partial charge in [0.15, 0.2) is 11.0 Å². The molecule has 0 spiro atoms. The second kappa shape index (κ2) is 13.5.